The molecule has 4 rings (SSSR count). The van der Waals surface area contributed by atoms with E-state index in [0.717, 1.165) is 38.5 Å². The van der Waals surface area contributed by atoms with Crippen LogP contribution in [0.3, 0.4) is 0 Å². The van der Waals surface area contributed by atoms with E-state index in [1.807, 2.05) is 0 Å². The molecule has 2 amide bonds. The third kappa shape index (κ3) is 6.09. The standard InChI is InChI=1S/C22H29FN6O3/c23-17-10-8-16(9-11-17)22-25-27-29(26-22)15-21(31)28(13-19-7-4-12-32-19)14-20(30)24-18-5-2-1-3-6-18/h8-11,18-19H,1-7,12-15H2,(H,24,30)/t19-/m1/s1. The summed E-state index contributed by atoms with van der Waals surface area (Å²) in [4.78, 5) is 28.4. The fourth-order valence-electron chi connectivity index (χ4n) is 4.23. The van der Waals surface area contributed by atoms with E-state index in [2.05, 4.69) is 20.7 Å². The molecule has 2 fully saturated rings. The van der Waals surface area contributed by atoms with Crippen LogP contribution < -0.4 is 5.32 Å². The SMILES string of the molecule is O=C(CN(C[C@H]1CCCO1)C(=O)Cn1nnc(-c2ccc(F)cc2)n1)NC1CCCCC1. The molecular weight excluding hydrogens is 415 g/mol. The average molecular weight is 445 g/mol. The van der Waals surface area contributed by atoms with Gasteiger partial charge >= 0.3 is 0 Å². The molecule has 172 valence electrons. The number of halogens is 1. The van der Waals surface area contributed by atoms with Crippen molar-refractivity contribution >= 4 is 11.8 Å². The van der Waals surface area contributed by atoms with E-state index < -0.39 is 0 Å². The van der Waals surface area contributed by atoms with Crippen LogP contribution >= 0.6 is 0 Å². The molecule has 2 aliphatic rings. The van der Waals surface area contributed by atoms with E-state index in [9.17, 15) is 14.0 Å². The second-order valence-corrected chi connectivity index (χ2v) is 8.46. The number of amides is 2. The van der Waals surface area contributed by atoms with Gasteiger partial charge in [0.05, 0.1) is 12.6 Å². The van der Waals surface area contributed by atoms with Crippen molar-refractivity contribution in [2.75, 3.05) is 19.7 Å². The number of rotatable bonds is 8. The lowest BCUT2D eigenvalue weighted by Crippen LogP contribution is -2.47. The largest absolute Gasteiger partial charge is 0.376 e. The Kier molecular flexibility index (Phi) is 7.41. The number of carbonyl (C=O) groups excluding carboxylic acids is 2. The lowest BCUT2D eigenvalue weighted by molar-refractivity contribution is -0.138. The molecule has 1 aromatic heterocycles. The first-order valence-corrected chi connectivity index (χ1v) is 11.3. The number of aromatic nitrogens is 4. The number of carbonyl (C=O) groups is 2. The predicted octanol–water partition coefficient (Wildman–Crippen LogP) is 1.94. The molecule has 0 spiro atoms. The summed E-state index contributed by atoms with van der Waals surface area (Å²) in [5, 5.41) is 15.2. The number of benzene rings is 1. The highest BCUT2D eigenvalue weighted by atomic mass is 19.1. The molecule has 1 saturated carbocycles. The van der Waals surface area contributed by atoms with Crippen molar-refractivity contribution < 1.29 is 18.7 Å². The van der Waals surface area contributed by atoms with Crippen LogP contribution in [0, 0.1) is 5.82 Å². The Labute approximate surface area is 186 Å². The first-order valence-electron chi connectivity index (χ1n) is 11.3. The Morgan fingerprint density at radius 1 is 1.12 bits per heavy atom. The Morgan fingerprint density at radius 3 is 2.62 bits per heavy atom. The first-order chi connectivity index (χ1) is 15.6. The molecule has 10 heteroatoms. The molecular formula is C22H29FN6O3. The fourth-order valence-corrected chi connectivity index (χ4v) is 4.23. The molecule has 1 atom stereocenters. The zero-order valence-corrected chi connectivity index (χ0v) is 18.1. The van der Waals surface area contributed by atoms with Crippen molar-refractivity contribution in [1.29, 1.82) is 0 Å². The highest BCUT2D eigenvalue weighted by Gasteiger charge is 2.26. The maximum Gasteiger partial charge on any atom is 0.246 e. The van der Waals surface area contributed by atoms with Gasteiger partial charge in [-0.05, 0) is 55.2 Å². The van der Waals surface area contributed by atoms with Gasteiger partial charge in [0, 0.05) is 24.8 Å². The van der Waals surface area contributed by atoms with Gasteiger partial charge in [0.1, 0.15) is 12.4 Å². The van der Waals surface area contributed by atoms with E-state index in [4.69, 9.17) is 4.74 Å². The van der Waals surface area contributed by atoms with Gasteiger partial charge in [0.15, 0.2) is 0 Å². The van der Waals surface area contributed by atoms with Crippen molar-refractivity contribution in [3.05, 3.63) is 30.1 Å². The smallest absolute Gasteiger partial charge is 0.246 e. The Morgan fingerprint density at radius 2 is 1.91 bits per heavy atom. The number of hydrogen-bond donors (Lipinski definition) is 1. The van der Waals surface area contributed by atoms with Gasteiger partial charge in [0.25, 0.3) is 0 Å². The second kappa shape index (κ2) is 10.6. The Balaban J connectivity index is 1.39. The third-order valence-electron chi connectivity index (χ3n) is 5.94. The summed E-state index contributed by atoms with van der Waals surface area (Å²) in [5.74, 6) is -0.477. The maximum absolute atomic E-state index is 13.1. The van der Waals surface area contributed by atoms with Crippen molar-refractivity contribution in [3.8, 4) is 11.4 Å². The molecule has 0 radical (unpaired) electrons. The molecule has 1 aliphatic carbocycles. The molecule has 0 bridgehead atoms. The topological polar surface area (TPSA) is 102 Å². The van der Waals surface area contributed by atoms with E-state index in [1.165, 1.54) is 28.2 Å². The van der Waals surface area contributed by atoms with Crippen molar-refractivity contribution in [1.82, 2.24) is 30.4 Å². The summed E-state index contributed by atoms with van der Waals surface area (Å²) in [6.45, 7) is 0.870. The minimum atomic E-state index is -0.354. The summed E-state index contributed by atoms with van der Waals surface area (Å²) in [6.07, 6.45) is 7.17. The summed E-state index contributed by atoms with van der Waals surface area (Å²) in [7, 11) is 0. The van der Waals surface area contributed by atoms with Crippen molar-refractivity contribution in [2.45, 2.75) is 63.6 Å². The van der Waals surface area contributed by atoms with Gasteiger partial charge in [-0.3, -0.25) is 9.59 Å². The zero-order valence-electron chi connectivity index (χ0n) is 18.1. The number of nitrogens with one attached hydrogen (secondary N) is 1. The van der Waals surface area contributed by atoms with Crippen LogP contribution in [-0.4, -0.2) is 68.8 Å². The Bertz CT molecular complexity index is 907. The summed E-state index contributed by atoms with van der Waals surface area (Å²) in [5.41, 5.74) is 0.605. The summed E-state index contributed by atoms with van der Waals surface area (Å²) < 4.78 is 18.8. The van der Waals surface area contributed by atoms with Crippen LogP contribution in [0.1, 0.15) is 44.9 Å². The molecule has 9 nitrogen and oxygen atoms in total. The van der Waals surface area contributed by atoms with E-state index in [0.29, 0.717) is 24.5 Å². The number of ether oxygens (including phenoxy) is 1. The minimum absolute atomic E-state index is 0.0191. The molecule has 1 saturated heterocycles. The maximum atomic E-state index is 13.1. The van der Waals surface area contributed by atoms with Gasteiger partial charge in [-0.15, -0.1) is 10.2 Å². The van der Waals surface area contributed by atoms with E-state index in [-0.39, 0.29) is 42.9 Å². The summed E-state index contributed by atoms with van der Waals surface area (Å²) in [6, 6.07) is 5.92. The first kappa shape index (κ1) is 22.3. The van der Waals surface area contributed by atoms with E-state index >= 15 is 0 Å². The van der Waals surface area contributed by atoms with Crippen molar-refractivity contribution in [3.63, 3.8) is 0 Å². The molecule has 1 N–H and O–H groups in total. The van der Waals surface area contributed by atoms with E-state index in [1.54, 1.807) is 12.1 Å². The number of hydrogen-bond acceptors (Lipinski definition) is 6. The lowest BCUT2D eigenvalue weighted by atomic mass is 9.95. The third-order valence-corrected chi connectivity index (χ3v) is 5.94. The van der Waals surface area contributed by atoms with Crippen LogP contribution in [0.15, 0.2) is 24.3 Å². The normalized spacial score (nSPS) is 19.1. The summed E-state index contributed by atoms with van der Waals surface area (Å²) >= 11 is 0. The predicted molar refractivity (Wildman–Crippen MR) is 114 cm³/mol. The molecule has 32 heavy (non-hydrogen) atoms. The van der Waals surface area contributed by atoms with Gasteiger partial charge in [0.2, 0.25) is 17.6 Å². The van der Waals surface area contributed by atoms with Crippen LogP contribution in [-0.2, 0) is 20.9 Å². The molecule has 0 unspecified atom stereocenters. The monoisotopic (exact) mass is 444 g/mol. The zero-order chi connectivity index (χ0) is 22.3. The second-order valence-electron chi connectivity index (χ2n) is 8.46. The lowest BCUT2D eigenvalue weighted by Gasteiger charge is -2.27. The molecule has 1 aromatic carbocycles. The van der Waals surface area contributed by atoms with Crippen molar-refractivity contribution in [2.24, 2.45) is 0 Å². The molecule has 1 aliphatic heterocycles. The van der Waals surface area contributed by atoms with Crippen LogP contribution in [0.5, 0.6) is 0 Å². The highest BCUT2D eigenvalue weighted by molar-refractivity contribution is 5.84. The quantitative estimate of drug-likeness (QED) is 0.668. The number of tetrazole rings is 1. The van der Waals surface area contributed by atoms with Gasteiger partial charge < -0.3 is 15.0 Å². The van der Waals surface area contributed by atoms with Crippen LogP contribution in [0.25, 0.3) is 11.4 Å². The number of nitrogens with zero attached hydrogens (tertiary/aromatic N) is 5. The highest BCUT2D eigenvalue weighted by Crippen LogP contribution is 2.18. The van der Waals surface area contributed by atoms with Gasteiger partial charge in [-0.25, -0.2) is 4.39 Å². The average Bonchev–Trinajstić information content (AvgIpc) is 3.47. The van der Waals surface area contributed by atoms with Crippen LogP contribution in [0.4, 0.5) is 4.39 Å². The van der Waals surface area contributed by atoms with Gasteiger partial charge in [-0.2, -0.15) is 4.80 Å². The minimum Gasteiger partial charge on any atom is -0.376 e. The van der Waals surface area contributed by atoms with Crippen LogP contribution in [0.2, 0.25) is 0 Å². The fraction of sp³-hybridized carbons (Fsp3) is 0.591. The molecule has 2 aromatic rings. The Hall–Kier alpha value is -2.88. The molecule has 2 heterocycles. The van der Waals surface area contributed by atoms with Gasteiger partial charge in [-0.1, -0.05) is 19.3 Å².